The molecule has 0 saturated heterocycles. The average Bonchev–Trinajstić information content (AvgIpc) is 2.71. The summed E-state index contributed by atoms with van der Waals surface area (Å²) in [5.41, 5.74) is 6.47. The first kappa shape index (κ1) is 8.93. The highest BCUT2D eigenvalue weighted by Gasteiger charge is 2.10. The minimum Gasteiger partial charge on any atom is -0.355 e. The maximum absolute atomic E-state index is 5.53. The predicted octanol–water partition coefficient (Wildman–Crippen LogP) is 2.62. The molecule has 0 aromatic carbocycles. The molecule has 2 heterocycles. The van der Waals surface area contributed by atoms with Crippen molar-refractivity contribution in [2.45, 2.75) is 6.54 Å². The van der Waals surface area contributed by atoms with Crippen LogP contribution in [0.1, 0.15) is 5.56 Å². The SMILES string of the molecule is NCc1cnoc1-c1cc(Br)cs1. The highest BCUT2D eigenvalue weighted by molar-refractivity contribution is 9.10. The Morgan fingerprint density at radius 3 is 3.08 bits per heavy atom. The van der Waals surface area contributed by atoms with Crippen LogP contribution in [0.3, 0.4) is 0 Å². The van der Waals surface area contributed by atoms with Crippen molar-refractivity contribution in [2.75, 3.05) is 0 Å². The second-order valence-electron chi connectivity index (χ2n) is 2.51. The maximum Gasteiger partial charge on any atom is 0.181 e. The minimum absolute atomic E-state index is 0.453. The van der Waals surface area contributed by atoms with E-state index in [1.54, 1.807) is 17.5 Å². The van der Waals surface area contributed by atoms with Gasteiger partial charge in [-0.25, -0.2) is 0 Å². The number of nitrogens with two attached hydrogens (primary N) is 1. The summed E-state index contributed by atoms with van der Waals surface area (Å²) in [5, 5.41) is 5.71. The fraction of sp³-hybridized carbons (Fsp3) is 0.125. The molecule has 2 aromatic rings. The molecule has 68 valence electrons. The Hall–Kier alpha value is -0.650. The van der Waals surface area contributed by atoms with E-state index in [2.05, 4.69) is 21.1 Å². The van der Waals surface area contributed by atoms with Crippen LogP contribution < -0.4 is 5.73 Å². The van der Waals surface area contributed by atoms with E-state index in [0.717, 1.165) is 20.7 Å². The van der Waals surface area contributed by atoms with Crippen LogP contribution >= 0.6 is 27.3 Å². The molecule has 0 aliphatic rings. The number of hydrogen-bond donors (Lipinski definition) is 1. The zero-order valence-corrected chi connectivity index (χ0v) is 9.06. The Morgan fingerprint density at radius 1 is 1.62 bits per heavy atom. The number of aromatic nitrogens is 1. The smallest absolute Gasteiger partial charge is 0.181 e. The molecule has 0 bridgehead atoms. The highest BCUT2D eigenvalue weighted by Crippen LogP contribution is 2.31. The van der Waals surface area contributed by atoms with E-state index in [9.17, 15) is 0 Å². The maximum atomic E-state index is 5.53. The van der Waals surface area contributed by atoms with Gasteiger partial charge in [-0.2, -0.15) is 0 Å². The Bertz CT molecular complexity index is 410. The van der Waals surface area contributed by atoms with Gasteiger partial charge in [0.15, 0.2) is 5.76 Å². The third-order valence-corrected chi connectivity index (χ3v) is 3.35. The minimum atomic E-state index is 0.453. The lowest BCUT2D eigenvalue weighted by Gasteiger charge is -1.92. The fourth-order valence-electron chi connectivity index (χ4n) is 1.04. The molecule has 0 amide bonds. The van der Waals surface area contributed by atoms with Crippen molar-refractivity contribution in [3.8, 4) is 10.6 Å². The normalized spacial score (nSPS) is 10.6. The Morgan fingerprint density at radius 2 is 2.46 bits per heavy atom. The van der Waals surface area contributed by atoms with Crippen LogP contribution in [0.2, 0.25) is 0 Å². The number of rotatable bonds is 2. The molecule has 0 atom stereocenters. The van der Waals surface area contributed by atoms with Gasteiger partial charge in [0, 0.05) is 22.0 Å². The van der Waals surface area contributed by atoms with Gasteiger partial charge < -0.3 is 10.3 Å². The Kier molecular flexibility index (Phi) is 2.48. The van der Waals surface area contributed by atoms with Crippen molar-refractivity contribution in [2.24, 2.45) is 5.73 Å². The first-order valence-corrected chi connectivity index (χ1v) is 5.36. The lowest BCUT2D eigenvalue weighted by Crippen LogP contribution is -1.95. The van der Waals surface area contributed by atoms with Crippen LogP contribution in [0.25, 0.3) is 10.6 Å². The molecule has 2 aromatic heterocycles. The van der Waals surface area contributed by atoms with Crippen molar-refractivity contribution in [3.05, 3.63) is 27.7 Å². The average molecular weight is 259 g/mol. The molecule has 2 rings (SSSR count). The summed E-state index contributed by atoms with van der Waals surface area (Å²) in [4.78, 5) is 1.05. The van der Waals surface area contributed by atoms with Gasteiger partial charge in [0.2, 0.25) is 0 Å². The standard InChI is InChI=1S/C8H7BrN2OS/c9-6-1-7(13-4-6)8-5(2-10)3-11-12-8/h1,3-4H,2,10H2. The summed E-state index contributed by atoms with van der Waals surface area (Å²) in [5.74, 6) is 0.776. The summed E-state index contributed by atoms with van der Waals surface area (Å²) < 4.78 is 6.16. The molecule has 0 unspecified atom stereocenters. The molecular weight excluding hydrogens is 252 g/mol. The summed E-state index contributed by atoms with van der Waals surface area (Å²) in [6.07, 6.45) is 1.66. The predicted molar refractivity (Wildman–Crippen MR) is 55.4 cm³/mol. The Labute approximate surface area is 87.7 Å². The first-order chi connectivity index (χ1) is 6.31. The summed E-state index contributed by atoms with van der Waals surface area (Å²) in [6.45, 7) is 0.453. The number of hydrogen-bond acceptors (Lipinski definition) is 4. The van der Waals surface area contributed by atoms with Crippen LogP contribution in [0.5, 0.6) is 0 Å². The molecule has 0 saturated carbocycles. The number of nitrogens with zero attached hydrogens (tertiary/aromatic N) is 1. The van der Waals surface area contributed by atoms with Crippen molar-refractivity contribution >= 4 is 27.3 Å². The molecule has 2 N–H and O–H groups in total. The monoisotopic (exact) mass is 258 g/mol. The summed E-state index contributed by atoms with van der Waals surface area (Å²) >= 11 is 4.98. The van der Waals surface area contributed by atoms with Gasteiger partial charge in [0.25, 0.3) is 0 Å². The van der Waals surface area contributed by atoms with E-state index in [-0.39, 0.29) is 0 Å². The second kappa shape index (κ2) is 3.61. The van der Waals surface area contributed by atoms with E-state index in [1.807, 2.05) is 11.4 Å². The van der Waals surface area contributed by atoms with Gasteiger partial charge >= 0.3 is 0 Å². The van der Waals surface area contributed by atoms with E-state index in [1.165, 1.54) is 0 Å². The summed E-state index contributed by atoms with van der Waals surface area (Å²) in [6, 6.07) is 1.99. The lowest BCUT2D eigenvalue weighted by molar-refractivity contribution is 0.432. The molecular formula is C8H7BrN2OS. The third kappa shape index (κ3) is 1.67. The van der Waals surface area contributed by atoms with Crippen molar-refractivity contribution in [1.82, 2.24) is 5.16 Å². The van der Waals surface area contributed by atoms with Crippen molar-refractivity contribution in [3.63, 3.8) is 0 Å². The zero-order valence-electron chi connectivity index (χ0n) is 6.66. The van der Waals surface area contributed by atoms with Crippen LogP contribution in [0.4, 0.5) is 0 Å². The van der Waals surface area contributed by atoms with Crippen molar-refractivity contribution < 1.29 is 4.52 Å². The van der Waals surface area contributed by atoms with E-state index in [0.29, 0.717) is 6.54 Å². The fourth-order valence-corrected chi connectivity index (χ4v) is 2.48. The third-order valence-electron chi connectivity index (χ3n) is 1.66. The van der Waals surface area contributed by atoms with Gasteiger partial charge in [-0.05, 0) is 22.0 Å². The topological polar surface area (TPSA) is 52.0 Å². The molecule has 0 aliphatic carbocycles. The number of thiophene rings is 1. The van der Waals surface area contributed by atoms with Crippen LogP contribution in [0.15, 0.2) is 26.6 Å². The van der Waals surface area contributed by atoms with Gasteiger partial charge in [0.05, 0.1) is 11.1 Å². The van der Waals surface area contributed by atoms with Crippen LogP contribution in [-0.2, 0) is 6.54 Å². The Balaban J connectivity index is 2.45. The van der Waals surface area contributed by atoms with Crippen LogP contribution in [0, 0.1) is 0 Å². The van der Waals surface area contributed by atoms with Gasteiger partial charge in [-0.15, -0.1) is 11.3 Å². The zero-order chi connectivity index (χ0) is 9.26. The molecule has 0 fully saturated rings. The quantitative estimate of drug-likeness (QED) is 0.901. The molecule has 5 heteroatoms. The van der Waals surface area contributed by atoms with E-state index in [4.69, 9.17) is 10.3 Å². The molecule has 0 aliphatic heterocycles. The molecule has 13 heavy (non-hydrogen) atoms. The summed E-state index contributed by atoms with van der Waals surface area (Å²) in [7, 11) is 0. The molecule has 0 radical (unpaired) electrons. The highest BCUT2D eigenvalue weighted by atomic mass is 79.9. The van der Waals surface area contributed by atoms with Gasteiger partial charge in [-0.3, -0.25) is 0 Å². The van der Waals surface area contributed by atoms with Crippen LogP contribution in [-0.4, -0.2) is 5.16 Å². The first-order valence-electron chi connectivity index (χ1n) is 3.69. The lowest BCUT2D eigenvalue weighted by atomic mass is 10.2. The largest absolute Gasteiger partial charge is 0.355 e. The van der Waals surface area contributed by atoms with E-state index < -0.39 is 0 Å². The van der Waals surface area contributed by atoms with E-state index >= 15 is 0 Å². The van der Waals surface area contributed by atoms with Crippen molar-refractivity contribution in [1.29, 1.82) is 0 Å². The second-order valence-corrected chi connectivity index (χ2v) is 4.34. The molecule has 0 spiro atoms. The van der Waals surface area contributed by atoms with Gasteiger partial charge in [0.1, 0.15) is 0 Å². The molecule has 3 nitrogen and oxygen atoms in total. The van der Waals surface area contributed by atoms with Gasteiger partial charge in [-0.1, -0.05) is 5.16 Å². The number of halogens is 1.